The SMILES string of the molecule is Cc1oc(-c2ccccc2)nc1C(CCc1ccc(Br)s1)(O[SiH](C)C(C)(C)C)O[SiH](C)C(C)(C)C. The predicted molar refractivity (Wildman–Crippen MR) is 156 cm³/mol. The Hall–Kier alpha value is -1.04. The van der Waals surface area contributed by atoms with Gasteiger partial charge in [0, 0.05) is 16.9 Å². The molecule has 35 heavy (non-hydrogen) atoms. The Morgan fingerprint density at radius 3 is 1.97 bits per heavy atom. The highest BCUT2D eigenvalue weighted by atomic mass is 79.9. The molecular formula is C27H40BrNO3SSi2. The average molecular weight is 595 g/mol. The van der Waals surface area contributed by atoms with Gasteiger partial charge in [-0.15, -0.1) is 11.3 Å². The third-order valence-electron chi connectivity index (χ3n) is 6.68. The Morgan fingerprint density at radius 2 is 1.49 bits per heavy atom. The van der Waals surface area contributed by atoms with Gasteiger partial charge in [-0.2, -0.15) is 0 Å². The smallest absolute Gasteiger partial charge is 0.226 e. The van der Waals surface area contributed by atoms with Crippen LogP contribution in [-0.2, 0) is 21.1 Å². The maximum atomic E-state index is 7.13. The first-order chi connectivity index (χ1) is 16.2. The van der Waals surface area contributed by atoms with Crippen LogP contribution in [0, 0.1) is 6.92 Å². The summed E-state index contributed by atoms with van der Waals surface area (Å²) in [5, 5.41) is 0.153. The van der Waals surface area contributed by atoms with Crippen molar-refractivity contribution in [3.63, 3.8) is 0 Å². The Bertz CT molecular complexity index is 1080. The summed E-state index contributed by atoms with van der Waals surface area (Å²) < 4.78 is 21.7. The number of aryl methyl sites for hydroxylation is 2. The summed E-state index contributed by atoms with van der Waals surface area (Å²) in [7, 11) is -3.39. The van der Waals surface area contributed by atoms with E-state index in [0.29, 0.717) is 12.3 Å². The first kappa shape index (κ1) is 28.5. The molecule has 2 heterocycles. The molecule has 2 unspecified atom stereocenters. The van der Waals surface area contributed by atoms with Gasteiger partial charge in [0.1, 0.15) is 11.5 Å². The van der Waals surface area contributed by atoms with Gasteiger partial charge in [0.2, 0.25) is 5.89 Å². The largest absolute Gasteiger partial charge is 0.441 e. The molecule has 3 rings (SSSR count). The van der Waals surface area contributed by atoms with Crippen molar-refractivity contribution in [3.05, 3.63) is 62.6 Å². The molecule has 0 aliphatic carbocycles. The predicted octanol–water partition coefficient (Wildman–Crippen LogP) is 8.60. The van der Waals surface area contributed by atoms with Crippen LogP contribution in [0.25, 0.3) is 11.5 Å². The summed E-state index contributed by atoms with van der Waals surface area (Å²) in [6, 6.07) is 14.4. The van der Waals surface area contributed by atoms with Gasteiger partial charge in [-0.05, 0) is 76.7 Å². The molecule has 2 aromatic heterocycles. The molecule has 0 radical (unpaired) electrons. The van der Waals surface area contributed by atoms with E-state index in [1.807, 2.05) is 37.3 Å². The molecule has 8 heteroatoms. The van der Waals surface area contributed by atoms with E-state index in [1.165, 1.54) is 4.88 Å². The fraction of sp³-hybridized carbons (Fsp3) is 0.519. The van der Waals surface area contributed by atoms with Crippen LogP contribution in [0.3, 0.4) is 0 Å². The summed E-state index contributed by atoms with van der Waals surface area (Å²) in [5.74, 6) is 0.444. The van der Waals surface area contributed by atoms with Crippen molar-refractivity contribution in [1.82, 2.24) is 4.98 Å². The number of hydrogen-bond donors (Lipinski definition) is 0. The Kier molecular flexibility index (Phi) is 9.09. The normalized spacial score (nSPS) is 16.2. The first-order valence-corrected chi connectivity index (χ1v) is 18.4. The molecule has 0 spiro atoms. The number of hydrogen-bond acceptors (Lipinski definition) is 5. The van der Waals surface area contributed by atoms with E-state index in [4.69, 9.17) is 18.3 Å². The lowest BCUT2D eigenvalue weighted by Gasteiger charge is -2.43. The third-order valence-corrected chi connectivity index (χ3v) is 14.7. The molecule has 192 valence electrons. The summed E-state index contributed by atoms with van der Waals surface area (Å²) in [5.41, 5.74) is 1.75. The summed E-state index contributed by atoms with van der Waals surface area (Å²) >= 11 is 5.38. The standard InChI is InChI=1S/C27H40BrNO3SSi2/c1-19-23(29-24(30-19)20-13-11-10-12-14-20)27(31-34(8)25(2,3)4,32-35(9)26(5,6)7)18-17-21-15-16-22(28)33-21/h10-16,34-35H,17-18H2,1-9H3. The third kappa shape index (κ3) is 7.26. The number of rotatable bonds is 9. The van der Waals surface area contributed by atoms with Crippen LogP contribution >= 0.6 is 27.3 Å². The second kappa shape index (κ2) is 11.1. The van der Waals surface area contributed by atoms with Crippen molar-refractivity contribution >= 4 is 45.3 Å². The second-order valence-corrected chi connectivity index (χ2v) is 20.6. The molecule has 0 aliphatic rings. The molecule has 0 saturated heterocycles. The van der Waals surface area contributed by atoms with Gasteiger partial charge >= 0.3 is 0 Å². The number of aromatic nitrogens is 1. The van der Waals surface area contributed by atoms with Crippen LogP contribution in [0.5, 0.6) is 0 Å². The quantitative estimate of drug-likeness (QED) is 0.184. The Labute approximate surface area is 227 Å². The van der Waals surface area contributed by atoms with Crippen molar-refractivity contribution in [2.45, 2.75) is 90.3 Å². The zero-order valence-electron chi connectivity index (χ0n) is 22.6. The molecule has 0 saturated carbocycles. The summed E-state index contributed by atoms with van der Waals surface area (Å²) in [6.45, 7) is 20.1. The van der Waals surface area contributed by atoms with Crippen molar-refractivity contribution in [2.24, 2.45) is 0 Å². The van der Waals surface area contributed by atoms with E-state index in [1.54, 1.807) is 11.3 Å². The monoisotopic (exact) mass is 593 g/mol. The van der Waals surface area contributed by atoms with Crippen LogP contribution in [0.1, 0.15) is 64.3 Å². The summed E-state index contributed by atoms with van der Waals surface area (Å²) in [6.07, 6.45) is 1.54. The molecule has 2 atom stereocenters. The molecule has 0 amide bonds. The van der Waals surface area contributed by atoms with Gasteiger partial charge in [0.25, 0.3) is 0 Å². The molecule has 1 aromatic carbocycles. The van der Waals surface area contributed by atoms with Crippen LogP contribution in [-0.4, -0.2) is 23.1 Å². The van der Waals surface area contributed by atoms with Crippen molar-refractivity contribution in [2.75, 3.05) is 0 Å². The maximum Gasteiger partial charge on any atom is 0.226 e. The Morgan fingerprint density at radius 1 is 0.914 bits per heavy atom. The van der Waals surface area contributed by atoms with Gasteiger partial charge < -0.3 is 13.3 Å². The van der Waals surface area contributed by atoms with Gasteiger partial charge in [-0.1, -0.05) is 59.7 Å². The molecule has 0 aliphatic heterocycles. The number of halogens is 1. The van der Waals surface area contributed by atoms with Gasteiger partial charge in [0.05, 0.1) is 3.79 Å². The molecule has 0 bridgehead atoms. The van der Waals surface area contributed by atoms with E-state index < -0.39 is 23.9 Å². The molecule has 3 aromatic rings. The van der Waals surface area contributed by atoms with Gasteiger partial charge in [-0.3, -0.25) is 0 Å². The highest BCUT2D eigenvalue weighted by Gasteiger charge is 2.45. The number of thiophene rings is 1. The average Bonchev–Trinajstić information content (AvgIpc) is 3.37. The molecule has 0 fully saturated rings. The van der Waals surface area contributed by atoms with Crippen LogP contribution in [0.15, 0.2) is 50.7 Å². The zero-order valence-corrected chi connectivity index (χ0v) is 27.3. The molecule has 0 N–H and O–H groups in total. The lowest BCUT2D eigenvalue weighted by Crippen LogP contribution is -2.47. The highest BCUT2D eigenvalue weighted by molar-refractivity contribution is 9.11. The van der Waals surface area contributed by atoms with Crippen LogP contribution < -0.4 is 0 Å². The lowest BCUT2D eigenvalue weighted by molar-refractivity contribution is -0.142. The van der Waals surface area contributed by atoms with Gasteiger partial charge in [-0.25, -0.2) is 4.98 Å². The minimum absolute atomic E-state index is 0.0764. The molecule has 4 nitrogen and oxygen atoms in total. The fourth-order valence-electron chi connectivity index (χ4n) is 3.53. The first-order valence-electron chi connectivity index (χ1n) is 12.3. The van der Waals surface area contributed by atoms with Gasteiger partial charge in [0.15, 0.2) is 23.9 Å². The Balaban J connectivity index is 2.13. The van der Waals surface area contributed by atoms with E-state index in [0.717, 1.165) is 27.2 Å². The maximum absolute atomic E-state index is 7.13. The molecular weight excluding hydrogens is 554 g/mol. The van der Waals surface area contributed by atoms with E-state index in [2.05, 4.69) is 82.7 Å². The van der Waals surface area contributed by atoms with Crippen molar-refractivity contribution < 1.29 is 13.3 Å². The second-order valence-electron chi connectivity index (χ2n) is 11.5. The summed E-state index contributed by atoms with van der Waals surface area (Å²) in [4.78, 5) is 6.36. The zero-order chi connectivity index (χ0) is 26.0. The van der Waals surface area contributed by atoms with E-state index in [9.17, 15) is 0 Å². The van der Waals surface area contributed by atoms with Crippen molar-refractivity contribution in [1.29, 1.82) is 0 Å². The van der Waals surface area contributed by atoms with E-state index in [-0.39, 0.29) is 10.1 Å². The number of oxazole rings is 1. The number of nitrogens with zero attached hydrogens (tertiary/aromatic N) is 1. The van der Waals surface area contributed by atoms with E-state index >= 15 is 0 Å². The van der Waals surface area contributed by atoms with Crippen molar-refractivity contribution in [3.8, 4) is 11.5 Å². The van der Waals surface area contributed by atoms with Crippen LogP contribution in [0.4, 0.5) is 0 Å². The minimum atomic E-state index is -1.69. The minimum Gasteiger partial charge on any atom is -0.441 e. The lowest BCUT2D eigenvalue weighted by atomic mass is 10.1. The fourth-order valence-corrected chi connectivity index (χ4v) is 7.54. The topological polar surface area (TPSA) is 44.5 Å². The number of benzene rings is 1. The van der Waals surface area contributed by atoms with Crippen LogP contribution in [0.2, 0.25) is 23.2 Å². The highest BCUT2D eigenvalue weighted by Crippen LogP contribution is 2.44.